The van der Waals surface area contributed by atoms with Gasteiger partial charge in [0.15, 0.2) is 0 Å². The van der Waals surface area contributed by atoms with E-state index in [1.807, 2.05) is 48.5 Å². The molecule has 8 heteroatoms. The van der Waals surface area contributed by atoms with Gasteiger partial charge in [0, 0.05) is 11.6 Å². The van der Waals surface area contributed by atoms with Crippen molar-refractivity contribution in [3.05, 3.63) is 89.2 Å². The molecule has 0 aliphatic heterocycles. The minimum atomic E-state index is -1.20. The van der Waals surface area contributed by atoms with Crippen LogP contribution in [0.1, 0.15) is 47.2 Å². The van der Waals surface area contributed by atoms with Crippen LogP contribution in [0.15, 0.2) is 66.7 Å². The summed E-state index contributed by atoms with van der Waals surface area (Å²) in [6, 6.07) is 18.3. The maximum absolute atomic E-state index is 14.3. The van der Waals surface area contributed by atoms with Crippen molar-refractivity contribution in [2.24, 2.45) is 0 Å². The molecular formula is C27H25FN2O5. The molecule has 0 bridgehead atoms. The van der Waals surface area contributed by atoms with Crippen molar-refractivity contribution in [1.29, 1.82) is 0 Å². The molecular weight excluding hydrogens is 451 g/mol. The molecule has 4 rings (SSSR count). The topological polar surface area (TPSA) is 105 Å². The summed E-state index contributed by atoms with van der Waals surface area (Å²) in [5.74, 6) is -3.02. The number of carboxylic acids is 1. The molecule has 180 valence electrons. The van der Waals surface area contributed by atoms with Crippen molar-refractivity contribution in [2.45, 2.75) is 31.7 Å². The summed E-state index contributed by atoms with van der Waals surface area (Å²) in [7, 11) is 0. The number of carbonyl (C=O) groups is 3. The van der Waals surface area contributed by atoms with E-state index < -0.39 is 29.8 Å². The number of hydrogen-bond acceptors (Lipinski definition) is 4. The Morgan fingerprint density at radius 1 is 1.00 bits per heavy atom. The van der Waals surface area contributed by atoms with Crippen LogP contribution >= 0.6 is 0 Å². The Kier molecular flexibility index (Phi) is 7.10. The summed E-state index contributed by atoms with van der Waals surface area (Å²) >= 11 is 0. The number of amides is 2. The molecule has 0 aromatic heterocycles. The molecule has 1 atom stereocenters. The molecule has 1 aliphatic rings. The van der Waals surface area contributed by atoms with Crippen LogP contribution in [-0.2, 0) is 9.53 Å². The van der Waals surface area contributed by atoms with Crippen molar-refractivity contribution in [3.63, 3.8) is 0 Å². The first-order valence-electron chi connectivity index (χ1n) is 11.3. The first-order valence-corrected chi connectivity index (χ1v) is 11.3. The Labute approximate surface area is 201 Å². The monoisotopic (exact) mass is 476 g/mol. The van der Waals surface area contributed by atoms with Gasteiger partial charge < -0.3 is 15.2 Å². The van der Waals surface area contributed by atoms with E-state index in [2.05, 4.69) is 10.6 Å². The van der Waals surface area contributed by atoms with Gasteiger partial charge in [-0.25, -0.2) is 14.0 Å². The predicted octanol–water partition coefficient (Wildman–Crippen LogP) is 5.17. The van der Waals surface area contributed by atoms with E-state index in [-0.39, 0.29) is 30.2 Å². The zero-order chi connectivity index (χ0) is 24.9. The van der Waals surface area contributed by atoms with Crippen LogP contribution in [0.25, 0.3) is 11.1 Å². The molecule has 1 aliphatic carbocycles. The second-order valence-corrected chi connectivity index (χ2v) is 8.30. The van der Waals surface area contributed by atoms with Crippen LogP contribution < -0.4 is 10.6 Å². The van der Waals surface area contributed by atoms with E-state index >= 15 is 0 Å². The average Bonchev–Trinajstić information content (AvgIpc) is 3.17. The third kappa shape index (κ3) is 5.16. The van der Waals surface area contributed by atoms with Crippen LogP contribution in [0, 0.1) is 5.82 Å². The Hall–Kier alpha value is -4.20. The zero-order valence-corrected chi connectivity index (χ0v) is 19.1. The molecule has 0 fully saturated rings. The largest absolute Gasteiger partial charge is 0.480 e. The first-order chi connectivity index (χ1) is 16.9. The van der Waals surface area contributed by atoms with Gasteiger partial charge in [0.2, 0.25) is 0 Å². The van der Waals surface area contributed by atoms with E-state index in [1.54, 1.807) is 6.92 Å². The number of benzene rings is 3. The van der Waals surface area contributed by atoms with E-state index in [9.17, 15) is 23.9 Å². The molecule has 0 unspecified atom stereocenters. The van der Waals surface area contributed by atoms with Crippen LogP contribution in [0.2, 0.25) is 0 Å². The van der Waals surface area contributed by atoms with Gasteiger partial charge >= 0.3 is 12.1 Å². The first kappa shape index (κ1) is 23.9. The van der Waals surface area contributed by atoms with E-state index in [0.29, 0.717) is 6.42 Å². The Morgan fingerprint density at radius 2 is 1.63 bits per heavy atom. The highest BCUT2D eigenvalue weighted by Gasteiger charge is 2.29. The molecule has 3 aromatic carbocycles. The van der Waals surface area contributed by atoms with Gasteiger partial charge in [-0.05, 0) is 46.9 Å². The molecule has 0 saturated carbocycles. The maximum Gasteiger partial charge on any atom is 0.411 e. The molecule has 0 radical (unpaired) electrons. The highest BCUT2D eigenvalue weighted by atomic mass is 19.1. The number of halogens is 1. The van der Waals surface area contributed by atoms with Gasteiger partial charge in [-0.15, -0.1) is 0 Å². The fourth-order valence-corrected chi connectivity index (χ4v) is 4.31. The number of carbonyl (C=O) groups excluding carboxylic acids is 2. The van der Waals surface area contributed by atoms with Crippen molar-refractivity contribution < 1.29 is 28.6 Å². The van der Waals surface area contributed by atoms with E-state index in [1.165, 1.54) is 6.07 Å². The van der Waals surface area contributed by atoms with Crippen molar-refractivity contribution in [3.8, 4) is 11.1 Å². The van der Waals surface area contributed by atoms with Gasteiger partial charge in [0.1, 0.15) is 18.5 Å². The molecule has 0 saturated heterocycles. The van der Waals surface area contributed by atoms with Gasteiger partial charge in [-0.2, -0.15) is 0 Å². The number of anilines is 1. The standard InChI is InChI=1S/C27H25FN2O5/c1-2-7-24(26(32)33)30-25(31)21-14-16(12-13-23(21)28)29-27(34)35-15-22-19-10-5-3-8-17(19)18-9-4-6-11-20(18)22/h3-6,8-14,22,24H,2,7,15H2,1H3,(H,29,34)(H,30,31)(H,32,33)/t24-/m1/s1. The lowest BCUT2D eigenvalue weighted by Crippen LogP contribution is -2.41. The number of nitrogens with one attached hydrogen (secondary N) is 2. The maximum atomic E-state index is 14.3. The average molecular weight is 477 g/mol. The third-order valence-corrected chi connectivity index (χ3v) is 5.98. The summed E-state index contributed by atoms with van der Waals surface area (Å²) in [6.07, 6.45) is -0.0111. The summed E-state index contributed by atoms with van der Waals surface area (Å²) < 4.78 is 19.8. The predicted molar refractivity (Wildman–Crippen MR) is 129 cm³/mol. The number of carboxylic acid groups (broad SMARTS) is 1. The second-order valence-electron chi connectivity index (χ2n) is 8.30. The molecule has 7 nitrogen and oxygen atoms in total. The molecule has 35 heavy (non-hydrogen) atoms. The molecule has 2 amide bonds. The summed E-state index contributed by atoms with van der Waals surface area (Å²) in [6.45, 7) is 1.88. The van der Waals surface area contributed by atoms with Gasteiger partial charge in [-0.1, -0.05) is 61.9 Å². The Balaban J connectivity index is 1.43. The fourth-order valence-electron chi connectivity index (χ4n) is 4.31. The molecule has 0 heterocycles. The second kappa shape index (κ2) is 10.4. The van der Waals surface area contributed by atoms with E-state index in [0.717, 1.165) is 34.4 Å². The van der Waals surface area contributed by atoms with Crippen molar-refractivity contribution >= 4 is 23.7 Å². The SMILES string of the molecule is CCC[C@@H](NC(=O)c1cc(NC(=O)OCC2c3ccccc3-c3ccccc32)ccc1F)C(=O)O. The van der Waals surface area contributed by atoms with Crippen molar-refractivity contribution in [1.82, 2.24) is 5.32 Å². The Bertz CT molecular complexity index is 1230. The highest BCUT2D eigenvalue weighted by molar-refractivity contribution is 5.98. The summed E-state index contributed by atoms with van der Waals surface area (Å²) in [4.78, 5) is 36.3. The number of aliphatic carboxylic acids is 1. The number of rotatable bonds is 8. The van der Waals surface area contributed by atoms with Crippen LogP contribution in [0.4, 0.5) is 14.9 Å². The lowest BCUT2D eigenvalue weighted by atomic mass is 9.98. The van der Waals surface area contributed by atoms with E-state index in [4.69, 9.17) is 4.74 Å². The zero-order valence-electron chi connectivity index (χ0n) is 19.1. The number of hydrogen-bond donors (Lipinski definition) is 3. The van der Waals surface area contributed by atoms with Gasteiger partial charge in [-0.3, -0.25) is 10.1 Å². The number of ether oxygens (including phenoxy) is 1. The quantitative estimate of drug-likeness (QED) is 0.416. The van der Waals surface area contributed by atoms with Crippen LogP contribution in [0.5, 0.6) is 0 Å². The number of fused-ring (bicyclic) bond motifs is 3. The fraction of sp³-hybridized carbons (Fsp3) is 0.222. The Morgan fingerprint density at radius 3 is 2.23 bits per heavy atom. The molecule has 0 spiro atoms. The minimum Gasteiger partial charge on any atom is -0.480 e. The highest BCUT2D eigenvalue weighted by Crippen LogP contribution is 2.44. The smallest absolute Gasteiger partial charge is 0.411 e. The van der Waals surface area contributed by atoms with Gasteiger partial charge in [0.25, 0.3) is 5.91 Å². The lowest BCUT2D eigenvalue weighted by Gasteiger charge is -2.16. The van der Waals surface area contributed by atoms with Crippen molar-refractivity contribution in [2.75, 3.05) is 11.9 Å². The summed E-state index contributed by atoms with van der Waals surface area (Å²) in [5, 5.41) is 14.1. The third-order valence-electron chi connectivity index (χ3n) is 5.98. The summed E-state index contributed by atoms with van der Waals surface area (Å²) in [5.41, 5.74) is 4.13. The molecule has 3 aromatic rings. The normalized spacial score (nSPS) is 12.9. The van der Waals surface area contributed by atoms with Crippen LogP contribution in [0.3, 0.4) is 0 Å². The van der Waals surface area contributed by atoms with Crippen LogP contribution in [-0.4, -0.2) is 35.7 Å². The van der Waals surface area contributed by atoms with Gasteiger partial charge in [0.05, 0.1) is 5.56 Å². The lowest BCUT2D eigenvalue weighted by molar-refractivity contribution is -0.139. The minimum absolute atomic E-state index is 0.103. The molecule has 3 N–H and O–H groups in total.